The number of hydrogen-bond donors (Lipinski definition) is 1. The van der Waals surface area contributed by atoms with E-state index in [1.54, 1.807) is 6.20 Å². The van der Waals surface area contributed by atoms with Crippen LogP contribution in [0.3, 0.4) is 0 Å². The molecule has 2 aliphatic heterocycles. The number of aryl methyl sites for hydroxylation is 6. The van der Waals surface area contributed by atoms with E-state index in [2.05, 4.69) is 72.5 Å². The number of amides is 1. The molecule has 0 saturated carbocycles. The highest BCUT2D eigenvalue weighted by Crippen LogP contribution is 2.40. The summed E-state index contributed by atoms with van der Waals surface area (Å²) in [5, 5.41) is 5.06. The highest BCUT2D eigenvalue weighted by atomic mass is 35.5. The predicted molar refractivity (Wildman–Crippen MR) is 233 cm³/mol. The molecule has 0 bridgehead atoms. The molecule has 8 rings (SSSR count). The summed E-state index contributed by atoms with van der Waals surface area (Å²) in [6.07, 6.45) is 13.7. The number of aromatic nitrogens is 2. The Bertz CT molecular complexity index is 2270. The molecule has 4 aliphatic rings. The number of carbonyl (C=O) groups excluding carboxylic acids is 1. The molecule has 56 heavy (non-hydrogen) atoms. The highest BCUT2D eigenvalue weighted by Gasteiger charge is 2.27. The molecule has 8 heteroatoms. The van der Waals surface area contributed by atoms with E-state index in [4.69, 9.17) is 33.2 Å². The van der Waals surface area contributed by atoms with E-state index >= 15 is 0 Å². The number of allylic oxidation sites excluding steroid dienone is 2. The first-order valence-electron chi connectivity index (χ1n) is 19.9. The van der Waals surface area contributed by atoms with Crippen LogP contribution in [0.1, 0.15) is 95.2 Å². The van der Waals surface area contributed by atoms with E-state index in [0.29, 0.717) is 6.42 Å². The van der Waals surface area contributed by atoms with Gasteiger partial charge in [-0.25, -0.2) is 0 Å². The molecular weight excluding hydrogens is 733 g/mol. The lowest BCUT2D eigenvalue weighted by molar-refractivity contribution is -0.130. The second-order valence-corrected chi connectivity index (χ2v) is 16.0. The number of likely N-dealkylation sites (tertiary alicyclic amines) is 1. The average Bonchev–Trinajstić information content (AvgIpc) is 3.47. The third kappa shape index (κ3) is 8.99. The molecule has 0 spiro atoms. The first-order valence-corrected chi connectivity index (χ1v) is 20.7. The van der Waals surface area contributed by atoms with Crippen LogP contribution in [0.15, 0.2) is 101 Å². The lowest BCUT2D eigenvalue weighted by Gasteiger charge is -2.30. The van der Waals surface area contributed by atoms with E-state index in [1.165, 1.54) is 61.4 Å². The molecule has 0 atom stereocenters. The Morgan fingerprint density at radius 2 is 1.23 bits per heavy atom. The van der Waals surface area contributed by atoms with Gasteiger partial charge in [-0.05, 0) is 173 Å². The normalized spacial score (nSPS) is 16.9. The van der Waals surface area contributed by atoms with Gasteiger partial charge < -0.3 is 10.2 Å². The van der Waals surface area contributed by atoms with Crippen LogP contribution in [0.4, 0.5) is 0 Å². The molecule has 2 aromatic heterocycles. The minimum Gasteiger partial charge on any atom is -0.342 e. The van der Waals surface area contributed by atoms with Crippen LogP contribution < -0.4 is 5.32 Å². The van der Waals surface area contributed by atoms with E-state index in [9.17, 15) is 4.79 Å². The minimum atomic E-state index is 0.156. The number of nitrogens with zero attached hydrogens (tertiary/aromatic N) is 4. The maximum atomic E-state index is 12.9. The van der Waals surface area contributed by atoms with Crippen molar-refractivity contribution < 1.29 is 4.79 Å². The lowest BCUT2D eigenvalue weighted by Crippen LogP contribution is -2.36. The second-order valence-electron chi connectivity index (χ2n) is 15.2. The molecule has 6 nitrogen and oxygen atoms in total. The zero-order valence-electron chi connectivity index (χ0n) is 32.9. The Morgan fingerprint density at radius 3 is 1.73 bits per heavy atom. The number of carbonyl (C=O) groups is 1. The molecule has 1 amide bonds. The van der Waals surface area contributed by atoms with Gasteiger partial charge >= 0.3 is 0 Å². The molecule has 2 fully saturated rings. The molecule has 2 aliphatic carbocycles. The van der Waals surface area contributed by atoms with Crippen LogP contribution in [-0.4, -0.2) is 53.7 Å². The number of aliphatic imine (C=N–C) groups is 1. The van der Waals surface area contributed by atoms with Crippen molar-refractivity contribution >= 4 is 47.0 Å². The zero-order valence-corrected chi connectivity index (χ0v) is 34.4. The van der Waals surface area contributed by atoms with Gasteiger partial charge in [-0.15, -0.1) is 0 Å². The summed E-state index contributed by atoms with van der Waals surface area (Å²) in [4.78, 5) is 28.6. The van der Waals surface area contributed by atoms with Crippen LogP contribution in [0.25, 0.3) is 11.1 Å². The molecule has 2 saturated heterocycles. The van der Waals surface area contributed by atoms with Crippen molar-refractivity contribution in [3.63, 3.8) is 0 Å². The summed E-state index contributed by atoms with van der Waals surface area (Å²) in [7, 11) is 0. The van der Waals surface area contributed by atoms with Crippen LogP contribution in [0.5, 0.6) is 0 Å². The van der Waals surface area contributed by atoms with Gasteiger partial charge in [-0.1, -0.05) is 64.7 Å². The smallest absolute Gasteiger partial charge is 0.226 e. The average molecular weight is 785 g/mol. The van der Waals surface area contributed by atoms with Gasteiger partial charge in [0.1, 0.15) is 0 Å². The highest BCUT2D eigenvalue weighted by molar-refractivity contribution is 6.31. The fraction of sp³-hybridized carbons (Fsp3) is 0.333. The maximum Gasteiger partial charge on any atom is 0.226 e. The van der Waals surface area contributed by atoms with Crippen LogP contribution >= 0.6 is 23.2 Å². The third-order valence-electron chi connectivity index (χ3n) is 11.5. The van der Waals surface area contributed by atoms with Crippen molar-refractivity contribution in [3.05, 3.63) is 162 Å². The van der Waals surface area contributed by atoms with E-state index in [0.717, 1.165) is 110 Å². The van der Waals surface area contributed by atoms with Crippen LogP contribution in [0, 0.1) is 13.8 Å². The molecule has 0 radical (unpaired) electrons. The number of pyridine rings is 2. The number of hydrogen-bond acceptors (Lipinski definition) is 5. The standard InChI is InChI=1S/C28H30ClN3O.C20H21ClN2/c1-4-20(11-14-30-3)17-26(33)32-15-12-21(13-16-32)27-25-10-9-24(29)18-23(25)8-7-22-6-5-19(2)31-28(22)27;1-13-2-3-15-4-5-16-12-17(21)6-7-18(16)19(20(15)23-13)14-8-10-22-11-9-14/h4-6,9-11,14,18H,3,7-8,12-13,15-17H2,1-2H3;2-3,6-7,12,22H,4-5,8-11H2,1H3/b14-11-,20-4+;. The maximum absolute atomic E-state index is 12.9. The van der Waals surface area contributed by atoms with Gasteiger partial charge in [0, 0.05) is 51.9 Å². The predicted octanol–water partition coefficient (Wildman–Crippen LogP) is 10.4. The van der Waals surface area contributed by atoms with Crippen molar-refractivity contribution in [1.82, 2.24) is 20.2 Å². The quantitative estimate of drug-likeness (QED) is 0.165. The Labute approximate surface area is 342 Å². The molecule has 4 heterocycles. The number of fused-ring (bicyclic) bond motifs is 4. The molecule has 0 unspecified atom stereocenters. The van der Waals surface area contributed by atoms with Gasteiger partial charge in [0.05, 0.1) is 17.8 Å². The van der Waals surface area contributed by atoms with Crippen LogP contribution in [-0.2, 0) is 30.5 Å². The summed E-state index contributed by atoms with van der Waals surface area (Å²) in [6.45, 7) is 13.1. The number of benzene rings is 2. The number of nitrogens with one attached hydrogen (secondary N) is 1. The van der Waals surface area contributed by atoms with Crippen LogP contribution in [0.2, 0.25) is 10.0 Å². The summed E-state index contributed by atoms with van der Waals surface area (Å²) in [6, 6.07) is 21.3. The monoisotopic (exact) mass is 783 g/mol. The molecule has 2 aromatic carbocycles. The molecule has 288 valence electrons. The van der Waals surface area contributed by atoms with Gasteiger partial charge in [0.2, 0.25) is 5.91 Å². The molecular formula is C48H51Cl2N5O. The second kappa shape index (κ2) is 18.1. The number of rotatable bonds is 4. The minimum absolute atomic E-state index is 0.156. The Hall–Kier alpha value is -4.62. The van der Waals surface area contributed by atoms with Gasteiger partial charge in [-0.2, -0.15) is 0 Å². The number of halogens is 2. The fourth-order valence-electron chi connectivity index (χ4n) is 8.49. The van der Waals surface area contributed by atoms with E-state index in [1.807, 2.05) is 43.0 Å². The zero-order chi connectivity index (χ0) is 39.2. The van der Waals surface area contributed by atoms with Crippen molar-refractivity contribution in [2.24, 2.45) is 4.99 Å². The van der Waals surface area contributed by atoms with Crippen molar-refractivity contribution in [2.75, 3.05) is 26.2 Å². The largest absolute Gasteiger partial charge is 0.342 e. The Morgan fingerprint density at radius 1 is 0.732 bits per heavy atom. The fourth-order valence-corrected chi connectivity index (χ4v) is 8.88. The summed E-state index contributed by atoms with van der Waals surface area (Å²) in [5.41, 5.74) is 18.8. The van der Waals surface area contributed by atoms with Gasteiger partial charge in [0.25, 0.3) is 0 Å². The van der Waals surface area contributed by atoms with Gasteiger partial charge in [0.15, 0.2) is 0 Å². The summed E-state index contributed by atoms with van der Waals surface area (Å²) in [5.74, 6) is 0.156. The first kappa shape index (κ1) is 39.6. The van der Waals surface area contributed by atoms with E-state index < -0.39 is 0 Å². The van der Waals surface area contributed by atoms with E-state index in [-0.39, 0.29) is 5.91 Å². The SMILES string of the molecule is C=N/C=C\C(=C/C)CC(=O)N1CCC(=C2c3ccc(Cl)cc3CCc3ccc(C)nc32)CC1.Cc1ccc2c(n1)C(=C1CCNCC1)c1ccc(Cl)cc1CC2. The Balaban J connectivity index is 0.000000182. The number of piperidine rings is 2. The van der Waals surface area contributed by atoms with Crippen molar-refractivity contribution in [3.8, 4) is 0 Å². The van der Waals surface area contributed by atoms with Gasteiger partial charge in [-0.3, -0.25) is 19.8 Å². The van der Waals surface area contributed by atoms with Crippen molar-refractivity contribution in [1.29, 1.82) is 0 Å². The summed E-state index contributed by atoms with van der Waals surface area (Å²) < 4.78 is 0. The topological polar surface area (TPSA) is 70.5 Å². The summed E-state index contributed by atoms with van der Waals surface area (Å²) >= 11 is 12.6. The lowest BCUT2D eigenvalue weighted by atomic mass is 9.88. The molecule has 4 aromatic rings. The molecule has 1 N–H and O–H groups in total. The Kier molecular flexibility index (Phi) is 12.8. The third-order valence-corrected chi connectivity index (χ3v) is 11.9. The van der Waals surface area contributed by atoms with Crippen molar-refractivity contribution in [2.45, 2.75) is 78.6 Å². The first-order chi connectivity index (χ1) is 27.2.